The van der Waals surface area contributed by atoms with Crippen molar-refractivity contribution in [1.82, 2.24) is 0 Å². The largest absolute Gasteiger partial charge is 0.402 e. The van der Waals surface area contributed by atoms with Crippen molar-refractivity contribution in [3.8, 4) is 0 Å². The first-order chi connectivity index (χ1) is 12.7. The fourth-order valence-electron chi connectivity index (χ4n) is 3.60. The molecule has 0 heterocycles. The molecule has 2 heteroatoms. The average molecular weight is 359 g/mol. The quantitative estimate of drug-likeness (QED) is 0.699. The van der Waals surface area contributed by atoms with Gasteiger partial charge in [-0.15, -0.1) is 0 Å². The molecule has 1 aliphatic carbocycles. The van der Waals surface area contributed by atoms with Crippen LogP contribution in [0.25, 0.3) is 0 Å². The predicted molar refractivity (Wildman–Crippen MR) is 117 cm³/mol. The van der Waals surface area contributed by atoms with E-state index >= 15 is 0 Å². The van der Waals surface area contributed by atoms with E-state index in [4.69, 9.17) is 11.5 Å². The number of anilines is 1. The van der Waals surface area contributed by atoms with Gasteiger partial charge in [-0.2, -0.15) is 0 Å². The van der Waals surface area contributed by atoms with E-state index in [2.05, 4.69) is 82.3 Å². The Hall–Kier alpha value is -2.74. The minimum Gasteiger partial charge on any atom is -0.402 e. The van der Waals surface area contributed by atoms with Gasteiger partial charge in [-0.3, -0.25) is 0 Å². The molecule has 27 heavy (non-hydrogen) atoms. The van der Waals surface area contributed by atoms with Gasteiger partial charge in [-0.1, -0.05) is 82.3 Å². The van der Waals surface area contributed by atoms with Crippen molar-refractivity contribution in [2.75, 3.05) is 5.73 Å². The molecule has 0 fully saturated rings. The summed E-state index contributed by atoms with van der Waals surface area (Å²) in [5.74, 6) is 0. The molecule has 0 spiro atoms. The maximum atomic E-state index is 5.97. The molecule has 2 nitrogen and oxygen atoms in total. The minimum absolute atomic E-state index is 0.0744. The van der Waals surface area contributed by atoms with E-state index in [1.165, 1.54) is 22.3 Å². The first-order valence-corrected chi connectivity index (χ1v) is 9.51. The van der Waals surface area contributed by atoms with Crippen molar-refractivity contribution in [3.05, 3.63) is 101 Å². The van der Waals surface area contributed by atoms with Crippen LogP contribution in [0.15, 0.2) is 84.1 Å². The molecule has 0 unspecified atom stereocenters. The Bertz CT molecular complexity index is 892. The SMILES string of the molecule is CC(C)(C1=CC=C(N)CC=C1)c1ccc(C(C)(C)c2ccc(N)cc2)cc1. The maximum Gasteiger partial charge on any atom is 0.0314 e. The first kappa shape index (κ1) is 19.0. The summed E-state index contributed by atoms with van der Waals surface area (Å²) < 4.78 is 0. The molecule has 0 amide bonds. The van der Waals surface area contributed by atoms with Crippen LogP contribution < -0.4 is 11.5 Å². The van der Waals surface area contributed by atoms with E-state index in [1.807, 2.05) is 18.2 Å². The molecule has 0 aliphatic heterocycles. The van der Waals surface area contributed by atoms with E-state index in [-0.39, 0.29) is 10.8 Å². The summed E-state index contributed by atoms with van der Waals surface area (Å²) in [6, 6.07) is 17.2. The number of nitrogens with two attached hydrogens (primary N) is 2. The van der Waals surface area contributed by atoms with Gasteiger partial charge in [0, 0.05) is 28.6 Å². The number of hydrogen-bond donors (Lipinski definition) is 2. The number of benzene rings is 2. The van der Waals surface area contributed by atoms with Crippen molar-refractivity contribution < 1.29 is 0 Å². The van der Waals surface area contributed by atoms with Crippen molar-refractivity contribution >= 4 is 5.69 Å². The molecule has 0 bridgehead atoms. The predicted octanol–water partition coefficient (Wildman–Crippen LogP) is 5.60. The summed E-state index contributed by atoms with van der Waals surface area (Å²) in [4.78, 5) is 0. The molecule has 0 saturated heterocycles. The lowest BCUT2D eigenvalue weighted by molar-refractivity contribution is 0.626. The zero-order valence-electron chi connectivity index (χ0n) is 16.8. The molecule has 0 aromatic heterocycles. The minimum atomic E-state index is -0.0819. The normalized spacial score (nSPS) is 15.1. The van der Waals surface area contributed by atoms with Gasteiger partial charge in [-0.25, -0.2) is 0 Å². The van der Waals surface area contributed by atoms with Gasteiger partial charge in [0.1, 0.15) is 0 Å². The second kappa shape index (κ2) is 7.11. The fraction of sp³-hybridized carbons (Fsp3) is 0.280. The van der Waals surface area contributed by atoms with Crippen LogP contribution in [0.4, 0.5) is 5.69 Å². The number of rotatable bonds is 4. The monoisotopic (exact) mass is 358 g/mol. The highest BCUT2D eigenvalue weighted by molar-refractivity contribution is 5.48. The standard InChI is InChI=1S/C25H30N2/c1-24(2,18-6-5-7-22(26)15-12-18)19-8-10-20(11-9-19)25(3,4)21-13-16-23(27)17-14-21/h5-6,8-17H,7,26-27H2,1-4H3. The van der Waals surface area contributed by atoms with Crippen molar-refractivity contribution in [2.24, 2.45) is 5.73 Å². The van der Waals surface area contributed by atoms with Gasteiger partial charge < -0.3 is 11.5 Å². The summed E-state index contributed by atoms with van der Waals surface area (Å²) in [7, 11) is 0. The van der Waals surface area contributed by atoms with E-state index in [0.717, 1.165) is 17.8 Å². The Labute approximate surface area is 163 Å². The third-order valence-electron chi connectivity index (χ3n) is 5.81. The van der Waals surface area contributed by atoms with Crippen LogP contribution in [0.5, 0.6) is 0 Å². The van der Waals surface area contributed by atoms with E-state index in [9.17, 15) is 0 Å². The smallest absolute Gasteiger partial charge is 0.0314 e. The Morgan fingerprint density at radius 2 is 1.15 bits per heavy atom. The van der Waals surface area contributed by atoms with Gasteiger partial charge in [0.05, 0.1) is 0 Å². The molecule has 0 radical (unpaired) electrons. The van der Waals surface area contributed by atoms with E-state index in [1.54, 1.807) is 0 Å². The van der Waals surface area contributed by atoms with Gasteiger partial charge in [0.15, 0.2) is 0 Å². The molecule has 4 N–H and O–H groups in total. The summed E-state index contributed by atoms with van der Waals surface area (Å²) >= 11 is 0. The van der Waals surface area contributed by atoms with Crippen LogP contribution >= 0.6 is 0 Å². The van der Waals surface area contributed by atoms with Crippen LogP contribution in [0.3, 0.4) is 0 Å². The highest BCUT2D eigenvalue weighted by atomic mass is 14.6. The topological polar surface area (TPSA) is 52.0 Å². The summed E-state index contributed by atoms with van der Waals surface area (Å²) in [5.41, 5.74) is 18.5. The number of hydrogen-bond acceptors (Lipinski definition) is 2. The lowest BCUT2D eigenvalue weighted by Crippen LogP contribution is -2.21. The van der Waals surface area contributed by atoms with E-state index < -0.39 is 0 Å². The third kappa shape index (κ3) is 3.85. The summed E-state index contributed by atoms with van der Waals surface area (Å²) in [6.45, 7) is 9.03. The van der Waals surface area contributed by atoms with Crippen LogP contribution in [0.2, 0.25) is 0 Å². The van der Waals surface area contributed by atoms with Crippen LogP contribution in [0.1, 0.15) is 50.8 Å². The molecular weight excluding hydrogens is 328 g/mol. The Morgan fingerprint density at radius 1 is 0.667 bits per heavy atom. The zero-order chi connectivity index (χ0) is 19.7. The van der Waals surface area contributed by atoms with Crippen molar-refractivity contribution in [1.29, 1.82) is 0 Å². The van der Waals surface area contributed by atoms with Gasteiger partial charge in [0.2, 0.25) is 0 Å². The molecule has 2 aromatic rings. The Morgan fingerprint density at radius 3 is 1.70 bits per heavy atom. The first-order valence-electron chi connectivity index (χ1n) is 9.51. The zero-order valence-corrected chi connectivity index (χ0v) is 16.8. The molecule has 0 saturated carbocycles. The van der Waals surface area contributed by atoms with Crippen LogP contribution in [-0.4, -0.2) is 0 Å². The highest BCUT2D eigenvalue weighted by Gasteiger charge is 2.27. The average Bonchev–Trinajstić information content (AvgIpc) is 2.87. The number of allylic oxidation sites excluding steroid dienone is 5. The Kier molecular flexibility index (Phi) is 5.01. The molecule has 3 rings (SSSR count). The highest BCUT2D eigenvalue weighted by Crippen LogP contribution is 2.36. The van der Waals surface area contributed by atoms with Crippen LogP contribution in [-0.2, 0) is 10.8 Å². The van der Waals surface area contributed by atoms with Crippen molar-refractivity contribution in [3.63, 3.8) is 0 Å². The van der Waals surface area contributed by atoms with Crippen LogP contribution in [0, 0.1) is 0 Å². The van der Waals surface area contributed by atoms with Gasteiger partial charge >= 0.3 is 0 Å². The van der Waals surface area contributed by atoms with Gasteiger partial charge in [-0.05, 0) is 40.5 Å². The third-order valence-corrected chi connectivity index (χ3v) is 5.81. The summed E-state index contributed by atoms with van der Waals surface area (Å²) in [6.07, 6.45) is 9.32. The summed E-state index contributed by atoms with van der Waals surface area (Å²) in [5, 5.41) is 0. The Balaban J connectivity index is 1.91. The molecule has 2 aromatic carbocycles. The van der Waals surface area contributed by atoms with Crippen molar-refractivity contribution in [2.45, 2.75) is 44.9 Å². The fourth-order valence-corrected chi connectivity index (χ4v) is 3.60. The lowest BCUT2D eigenvalue weighted by atomic mass is 9.74. The van der Waals surface area contributed by atoms with Gasteiger partial charge in [0.25, 0.3) is 0 Å². The molecular formula is C25H30N2. The molecule has 1 aliphatic rings. The second-order valence-corrected chi connectivity index (χ2v) is 8.42. The molecule has 0 atom stereocenters. The number of nitrogen functional groups attached to an aromatic ring is 1. The molecule has 140 valence electrons. The maximum absolute atomic E-state index is 5.97. The second-order valence-electron chi connectivity index (χ2n) is 8.42. The lowest BCUT2D eigenvalue weighted by Gasteiger charge is -2.30. The van der Waals surface area contributed by atoms with E-state index in [0.29, 0.717) is 0 Å².